The first-order valence-corrected chi connectivity index (χ1v) is 5.57. The van der Waals surface area contributed by atoms with Crippen LogP contribution in [0.4, 0.5) is 5.69 Å². The third-order valence-corrected chi connectivity index (χ3v) is 2.81. The molecular weight excluding hydrogens is 220 g/mol. The SMILES string of the molecule is CNC(C)CCc1cc([N+](=O)[O-])ccc1OC. The van der Waals surface area contributed by atoms with Crippen LogP contribution in [0.5, 0.6) is 5.75 Å². The number of nitro groups is 1. The van der Waals surface area contributed by atoms with Gasteiger partial charge < -0.3 is 10.1 Å². The van der Waals surface area contributed by atoms with Gasteiger partial charge in [0.15, 0.2) is 0 Å². The van der Waals surface area contributed by atoms with Gasteiger partial charge in [-0.25, -0.2) is 0 Å². The summed E-state index contributed by atoms with van der Waals surface area (Å²) in [6.45, 7) is 2.07. The number of nitro benzene ring substituents is 1. The predicted octanol–water partition coefficient (Wildman–Crippen LogP) is 2.14. The van der Waals surface area contributed by atoms with Gasteiger partial charge in [0.25, 0.3) is 5.69 Å². The molecule has 0 saturated carbocycles. The van der Waals surface area contributed by atoms with Gasteiger partial charge in [-0.1, -0.05) is 0 Å². The predicted molar refractivity (Wildman–Crippen MR) is 66.5 cm³/mol. The largest absolute Gasteiger partial charge is 0.496 e. The van der Waals surface area contributed by atoms with E-state index in [-0.39, 0.29) is 10.6 Å². The van der Waals surface area contributed by atoms with Crippen LogP contribution >= 0.6 is 0 Å². The third-order valence-electron chi connectivity index (χ3n) is 2.81. The fourth-order valence-electron chi connectivity index (χ4n) is 1.59. The van der Waals surface area contributed by atoms with E-state index in [1.807, 2.05) is 7.05 Å². The van der Waals surface area contributed by atoms with Crippen molar-refractivity contribution in [2.45, 2.75) is 25.8 Å². The van der Waals surface area contributed by atoms with Crippen molar-refractivity contribution in [2.24, 2.45) is 0 Å². The smallest absolute Gasteiger partial charge is 0.269 e. The van der Waals surface area contributed by atoms with Crippen LogP contribution in [-0.2, 0) is 6.42 Å². The number of hydrogen-bond acceptors (Lipinski definition) is 4. The van der Waals surface area contributed by atoms with Crippen molar-refractivity contribution in [2.75, 3.05) is 14.2 Å². The van der Waals surface area contributed by atoms with Crippen LogP contribution in [0.3, 0.4) is 0 Å². The van der Waals surface area contributed by atoms with Crippen molar-refractivity contribution < 1.29 is 9.66 Å². The Hall–Kier alpha value is -1.62. The van der Waals surface area contributed by atoms with Crippen LogP contribution in [0.25, 0.3) is 0 Å². The first kappa shape index (κ1) is 13.4. The van der Waals surface area contributed by atoms with Crippen molar-refractivity contribution in [1.29, 1.82) is 0 Å². The molecule has 0 saturated heterocycles. The monoisotopic (exact) mass is 238 g/mol. The van der Waals surface area contributed by atoms with E-state index in [9.17, 15) is 10.1 Å². The summed E-state index contributed by atoms with van der Waals surface area (Å²) in [5.41, 5.74) is 0.988. The summed E-state index contributed by atoms with van der Waals surface area (Å²) in [5, 5.41) is 13.8. The molecule has 0 aliphatic carbocycles. The fourth-order valence-corrected chi connectivity index (χ4v) is 1.59. The number of nitrogens with zero attached hydrogens (tertiary/aromatic N) is 1. The van der Waals surface area contributed by atoms with Gasteiger partial charge >= 0.3 is 0 Å². The molecule has 1 atom stereocenters. The molecule has 0 amide bonds. The Bertz CT molecular complexity index is 393. The van der Waals surface area contributed by atoms with Gasteiger partial charge in [-0.15, -0.1) is 0 Å². The minimum atomic E-state index is -0.384. The summed E-state index contributed by atoms with van der Waals surface area (Å²) >= 11 is 0. The van der Waals surface area contributed by atoms with E-state index < -0.39 is 0 Å². The number of rotatable bonds is 6. The van der Waals surface area contributed by atoms with Gasteiger partial charge in [0.2, 0.25) is 0 Å². The summed E-state index contributed by atoms with van der Waals surface area (Å²) in [5.74, 6) is 0.707. The maximum absolute atomic E-state index is 10.7. The zero-order chi connectivity index (χ0) is 12.8. The van der Waals surface area contributed by atoms with E-state index in [0.717, 1.165) is 18.4 Å². The molecule has 1 unspecified atom stereocenters. The molecule has 1 rings (SSSR count). The molecule has 94 valence electrons. The van der Waals surface area contributed by atoms with Gasteiger partial charge in [0, 0.05) is 23.7 Å². The highest BCUT2D eigenvalue weighted by molar-refractivity contribution is 5.43. The molecule has 1 N–H and O–H groups in total. The lowest BCUT2D eigenvalue weighted by molar-refractivity contribution is -0.384. The molecule has 0 aliphatic rings. The number of hydrogen-bond donors (Lipinski definition) is 1. The quantitative estimate of drug-likeness (QED) is 0.609. The van der Waals surface area contributed by atoms with E-state index in [1.165, 1.54) is 6.07 Å². The molecule has 0 heterocycles. The van der Waals surface area contributed by atoms with E-state index in [2.05, 4.69) is 12.2 Å². The van der Waals surface area contributed by atoms with Gasteiger partial charge in [-0.05, 0) is 32.9 Å². The second-order valence-corrected chi connectivity index (χ2v) is 3.98. The zero-order valence-electron chi connectivity index (χ0n) is 10.4. The Labute approximate surface area is 101 Å². The van der Waals surface area contributed by atoms with Crippen molar-refractivity contribution >= 4 is 5.69 Å². The van der Waals surface area contributed by atoms with Gasteiger partial charge in [0.05, 0.1) is 12.0 Å². The standard InChI is InChI=1S/C12H18N2O3/c1-9(13-2)4-5-10-8-11(14(15)16)6-7-12(10)17-3/h6-9,13H,4-5H2,1-3H3. The van der Waals surface area contributed by atoms with Crippen molar-refractivity contribution in [3.8, 4) is 5.75 Å². The molecule has 0 spiro atoms. The fraction of sp³-hybridized carbons (Fsp3) is 0.500. The van der Waals surface area contributed by atoms with Gasteiger partial charge in [0.1, 0.15) is 5.75 Å². The molecule has 0 aromatic heterocycles. The van der Waals surface area contributed by atoms with E-state index in [1.54, 1.807) is 19.2 Å². The lowest BCUT2D eigenvalue weighted by Crippen LogP contribution is -2.21. The first-order chi connectivity index (χ1) is 8.08. The van der Waals surface area contributed by atoms with Crippen molar-refractivity contribution in [1.82, 2.24) is 5.32 Å². The average Bonchev–Trinajstić information content (AvgIpc) is 2.35. The second kappa shape index (κ2) is 6.20. The maximum Gasteiger partial charge on any atom is 0.269 e. The minimum absolute atomic E-state index is 0.109. The number of nitrogens with one attached hydrogen (secondary N) is 1. The lowest BCUT2D eigenvalue weighted by atomic mass is 10.0. The van der Waals surface area contributed by atoms with E-state index >= 15 is 0 Å². The van der Waals surface area contributed by atoms with Crippen LogP contribution in [0.1, 0.15) is 18.9 Å². The number of non-ortho nitro benzene ring substituents is 1. The summed E-state index contributed by atoms with van der Waals surface area (Å²) in [6.07, 6.45) is 1.67. The Morgan fingerprint density at radius 1 is 1.53 bits per heavy atom. The highest BCUT2D eigenvalue weighted by Gasteiger charge is 2.11. The highest BCUT2D eigenvalue weighted by atomic mass is 16.6. The number of methoxy groups -OCH3 is 1. The van der Waals surface area contributed by atoms with Gasteiger partial charge in [-0.3, -0.25) is 10.1 Å². The molecular formula is C12H18N2O3. The van der Waals surface area contributed by atoms with Crippen LogP contribution in [0, 0.1) is 10.1 Å². The average molecular weight is 238 g/mol. The third kappa shape index (κ3) is 3.71. The zero-order valence-corrected chi connectivity index (χ0v) is 10.4. The Morgan fingerprint density at radius 3 is 2.76 bits per heavy atom. The van der Waals surface area contributed by atoms with Crippen LogP contribution in [0.15, 0.2) is 18.2 Å². The first-order valence-electron chi connectivity index (χ1n) is 5.57. The van der Waals surface area contributed by atoms with Gasteiger partial charge in [-0.2, -0.15) is 0 Å². The summed E-state index contributed by atoms with van der Waals surface area (Å²) < 4.78 is 5.20. The van der Waals surface area contributed by atoms with Crippen LogP contribution in [0.2, 0.25) is 0 Å². The number of ether oxygens (including phenoxy) is 1. The molecule has 0 radical (unpaired) electrons. The van der Waals surface area contributed by atoms with E-state index in [4.69, 9.17) is 4.74 Å². The Balaban J connectivity index is 2.86. The van der Waals surface area contributed by atoms with Crippen LogP contribution in [-0.4, -0.2) is 25.1 Å². The second-order valence-electron chi connectivity index (χ2n) is 3.98. The molecule has 17 heavy (non-hydrogen) atoms. The molecule has 1 aromatic rings. The lowest BCUT2D eigenvalue weighted by Gasteiger charge is -2.12. The van der Waals surface area contributed by atoms with Crippen LogP contribution < -0.4 is 10.1 Å². The summed E-state index contributed by atoms with van der Waals surface area (Å²) in [7, 11) is 3.47. The minimum Gasteiger partial charge on any atom is -0.496 e. The normalized spacial score (nSPS) is 12.2. The molecule has 1 aromatic carbocycles. The number of benzene rings is 1. The van der Waals surface area contributed by atoms with E-state index in [0.29, 0.717) is 11.8 Å². The maximum atomic E-state index is 10.7. The molecule has 5 nitrogen and oxygen atoms in total. The molecule has 0 aliphatic heterocycles. The molecule has 0 fully saturated rings. The highest BCUT2D eigenvalue weighted by Crippen LogP contribution is 2.25. The summed E-state index contributed by atoms with van der Waals surface area (Å²) in [4.78, 5) is 10.3. The van der Waals surface area contributed by atoms with Crippen molar-refractivity contribution in [3.05, 3.63) is 33.9 Å². The molecule has 5 heteroatoms. The Kier molecular flexibility index (Phi) is 4.90. The topological polar surface area (TPSA) is 64.4 Å². The van der Waals surface area contributed by atoms with Crippen molar-refractivity contribution in [3.63, 3.8) is 0 Å². The molecule has 0 bridgehead atoms. The number of aryl methyl sites for hydroxylation is 1. The summed E-state index contributed by atoms with van der Waals surface area (Å²) in [6, 6.07) is 5.07. The Morgan fingerprint density at radius 2 is 2.24 bits per heavy atom.